The van der Waals surface area contributed by atoms with Gasteiger partial charge in [-0.1, -0.05) is 78.7 Å². The van der Waals surface area contributed by atoms with Crippen molar-refractivity contribution in [2.24, 2.45) is 10.7 Å². The van der Waals surface area contributed by atoms with Crippen LogP contribution in [-0.2, 0) is 10.3 Å². The van der Waals surface area contributed by atoms with Gasteiger partial charge in [-0.15, -0.1) is 0 Å². The fourth-order valence-corrected chi connectivity index (χ4v) is 4.34. The molecule has 2 N–H and O–H groups in total. The number of rotatable bonds is 9. The summed E-state index contributed by atoms with van der Waals surface area (Å²) in [7, 11) is 0. The Morgan fingerprint density at radius 2 is 1.42 bits per heavy atom. The van der Waals surface area contributed by atoms with Crippen LogP contribution in [0.1, 0.15) is 47.2 Å². The first-order valence-corrected chi connectivity index (χ1v) is 11.5. The summed E-state index contributed by atoms with van der Waals surface area (Å²) >= 11 is 5.88. The van der Waals surface area contributed by atoms with Crippen LogP contribution < -0.4 is 5.73 Å². The number of halogens is 1. The Balaban J connectivity index is 1.40. The molecule has 0 bridgehead atoms. The molecule has 1 aliphatic heterocycles. The van der Waals surface area contributed by atoms with E-state index in [0.717, 1.165) is 30.4 Å². The second-order valence-electron chi connectivity index (χ2n) is 8.11. The minimum absolute atomic E-state index is 0.0946. The van der Waals surface area contributed by atoms with Crippen LogP contribution in [0.2, 0.25) is 5.02 Å². The van der Waals surface area contributed by atoms with Gasteiger partial charge in [0.25, 0.3) is 5.91 Å². The topological polar surface area (TPSA) is 75.8 Å². The van der Waals surface area contributed by atoms with Gasteiger partial charge in [0.15, 0.2) is 17.3 Å². The van der Waals surface area contributed by atoms with Crippen molar-refractivity contribution < 1.29 is 9.59 Å². The summed E-state index contributed by atoms with van der Waals surface area (Å²) in [5.74, 6) is 0.178. The molecule has 0 saturated carbocycles. The highest BCUT2D eigenvalue weighted by atomic mass is 35.5. The van der Waals surface area contributed by atoms with E-state index in [0.29, 0.717) is 23.6 Å². The maximum Gasteiger partial charge on any atom is 0.266 e. The van der Waals surface area contributed by atoms with Gasteiger partial charge in [0.05, 0.1) is 0 Å². The van der Waals surface area contributed by atoms with E-state index in [4.69, 9.17) is 22.3 Å². The number of unbranched alkanes of at least 4 members (excludes halogenated alkanes) is 2. The maximum absolute atomic E-state index is 13.7. The van der Waals surface area contributed by atoms with Gasteiger partial charge in [0.2, 0.25) is 0 Å². The zero-order valence-corrected chi connectivity index (χ0v) is 19.0. The fourth-order valence-electron chi connectivity index (χ4n) is 4.21. The van der Waals surface area contributed by atoms with E-state index in [9.17, 15) is 9.59 Å². The van der Waals surface area contributed by atoms with E-state index < -0.39 is 5.54 Å². The monoisotopic (exact) mass is 459 g/mol. The molecule has 1 amide bonds. The van der Waals surface area contributed by atoms with Gasteiger partial charge in [-0.25, -0.2) is 4.99 Å². The van der Waals surface area contributed by atoms with Crippen LogP contribution in [0.5, 0.6) is 0 Å². The van der Waals surface area contributed by atoms with Crippen molar-refractivity contribution in [3.05, 3.63) is 107 Å². The molecule has 1 aliphatic rings. The lowest BCUT2D eigenvalue weighted by molar-refractivity contribution is -0.130. The smallest absolute Gasteiger partial charge is 0.266 e. The van der Waals surface area contributed by atoms with E-state index >= 15 is 0 Å². The molecule has 5 nitrogen and oxygen atoms in total. The summed E-state index contributed by atoms with van der Waals surface area (Å²) in [6.45, 7) is 0.463. The summed E-state index contributed by atoms with van der Waals surface area (Å²) in [5.41, 5.74) is 7.34. The number of hydrogen-bond acceptors (Lipinski definition) is 4. The molecular weight excluding hydrogens is 434 g/mol. The number of nitrogens with two attached hydrogens (primary N) is 1. The third-order valence-corrected chi connectivity index (χ3v) is 6.20. The molecule has 0 aromatic heterocycles. The van der Waals surface area contributed by atoms with Gasteiger partial charge in [-0.3, -0.25) is 14.5 Å². The van der Waals surface area contributed by atoms with E-state index in [1.165, 1.54) is 0 Å². The second-order valence-corrected chi connectivity index (χ2v) is 8.55. The molecule has 1 heterocycles. The third kappa shape index (κ3) is 4.69. The number of hydrogen-bond donors (Lipinski definition) is 1. The van der Waals surface area contributed by atoms with E-state index in [2.05, 4.69) is 0 Å². The molecule has 3 aromatic carbocycles. The Labute approximate surface area is 198 Å². The van der Waals surface area contributed by atoms with E-state index in [-0.39, 0.29) is 17.6 Å². The molecule has 0 unspecified atom stereocenters. The Hall–Kier alpha value is -3.44. The molecule has 4 rings (SSSR count). The number of carbonyl (C=O) groups is 2. The van der Waals surface area contributed by atoms with Gasteiger partial charge >= 0.3 is 0 Å². The van der Waals surface area contributed by atoms with Crippen LogP contribution in [0, 0.1) is 0 Å². The first-order valence-electron chi connectivity index (χ1n) is 11.1. The minimum atomic E-state index is -1.17. The number of amides is 1. The van der Waals surface area contributed by atoms with Crippen LogP contribution in [-0.4, -0.2) is 29.1 Å². The number of nitrogens with zero attached hydrogens (tertiary/aromatic N) is 2. The van der Waals surface area contributed by atoms with Gasteiger partial charge < -0.3 is 5.73 Å². The number of guanidine groups is 1. The van der Waals surface area contributed by atoms with Crippen LogP contribution in [0.15, 0.2) is 89.9 Å². The molecule has 0 saturated heterocycles. The standard InChI is InChI=1S/C27H26ClN3O2/c28-23-17-15-20(16-18-23)24(32)14-8-3-9-19-31-25(33)27(30-26(31)29,21-10-4-1-5-11-21)22-12-6-2-7-13-22/h1-2,4-7,10-13,15-18H,3,8-9,14,19H2,(H2,29,30). The van der Waals surface area contributed by atoms with Gasteiger partial charge in [-0.2, -0.15) is 0 Å². The van der Waals surface area contributed by atoms with Crippen molar-refractivity contribution >= 4 is 29.3 Å². The first kappa shape index (κ1) is 22.7. The molecular formula is C27H26ClN3O2. The number of benzene rings is 3. The molecule has 168 valence electrons. The Morgan fingerprint density at radius 1 is 0.848 bits per heavy atom. The number of carbonyl (C=O) groups excluding carboxylic acids is 2. The molecule has 0 radical (unpaired) electrons. The van der Waals surface area contributed by atoms with Crippen molar-refractivity contribution in [1.82, 2.24) is 4.90 Å². The predicted molar refractivity (Wildman–Crippen MR) is 131 cm³/mol. The summed E-state index contributed by atoms with van der Waals surface area (Å²) < 4.78 is 0. The van der Waals surface area contributed by atoms with Crippen molar-refractivity contribution in [3.8, 4) is 0 Å². The molecule has 6 heteroatoms. The lowest BCUT2D eigenvalue weighted by Gasteiger charge is -2.27. The average molecular weight is 460 g/mol. The van der Waals surface area contributed by atoms with Crippen molar-refractivity contribution in [1.29, 1.82) is 0 Å². The van der Waals surface area contributed by atoms with E-state index in [1.54, 1.807) is 29.2 Å². The minimum Gasteiger partial charge on any atom is -0.369 e. The third-order valence-electron chi connectivity index (χ3n) is 5.95. The Kier molecular flexibility index (Phi) is 6.90. The van der Waals surface area contributed by atoms with Crippen LogP contribution in [0.25, 0.3) is 0 Å². The Bertz CT molecular complexity index is 1110. The largest absolute Gasteiger partial charge is 0.369 e. The summed E-state index contributed by atoms with van der Waals surface area (Å²) in [6, 6.07) is 26.0. The molecule has 33 heavy (non-hydrogen) atoms. The van der Waals surface area contributed by atoms with Crippen LogP contribution >= 0.6 is 11.6 Å². The number of Topliss-reactive ketones (excluding diaryl/α,β-unsaturated/α-hetero) is 1. The van der Waals surface area contributed by atoms with Gasteiger partial charge in [-0.05, 0) is 48.2 Å². The van der Waals surface area contributed by atoms with Crippen molar-refractivity contribution in [3.63, 3.8) is 0 Å². The fraction of sp³-hybridized carbons (Fsp3) is 0.222. The molecule has 0 aliphatic carbocycles. The highest BCUT2D eigenvalue weighted by Gasteiger charge is 2.50. The lowest BCUT2D eigenvalue weighted by atomic mass is 9.83. The normalized spacial score (nSPS) is 14.9. The quantitative estimate of drug-likeness (QED) is 0.353. The van der Waals surface area contributed by atoms with Crippen LogP contribution in [0.3, 0.4) is 0 Å². The molecule has 0 spiro atoms. The molecule has 0 atom stereocenters. The SMILES string of the molecule is NC1=NC(c2ccccc2)(c2ccccc2)C(=O)N1CCCCCC(=O)c1ccc(Cl)cc1. The summed E-state index contributed by atoms with van der Waals surface area (Å²) in [6.07, 6.45) is 2.73. The highest BCUT2D eigenvalue weighted by Crippen LogP contribution is 2.39. The predicted octanol–water partition coefficient (Wildman–Crippen LogP) is 5.18. The first-order chi connectivity index (χ1) is 16.0. The average Bonchev–Trinajstić information content (AvgIpc) is 3.11. The lowest BCUT2D eigenvalue weighted by Crippen LogP contribution is -2.44. The van der Waals surface area contributed by atoms with E-state index in [1.807, 2.05) is 60.7 Å². The zero-order chi connectivity index (χ0) is 23.3. The van der Waals surface area contributed by atoms with Gasteiger partial charge in [0, 0.05) is 23.6 Å². The second kappa shape index (κ2) is 10.0. The highest BCUT2D eigenvalue weighted by molar-refractivity contribution is 6.30. The van der Waals surface area contributed by atoms with Gasteiger partial charge in [0.1, 0.15) is 0 Å². The number of aliphatic imine (C=N–C) groups is 1. The molecule has 0 fully saturated rings. The number of ketones is 1. The Morgan fingerprint density at radius 3 is 2.00 bits per heavy atom. The van der Waals surface area contributed by atoms with Crippen LogP contribution in [0.4, 0.5) is 0 Å². The summed E-state index contributed by atoms with van der Waals surface area (Å²) in [5, 5.41) is 0.614. The summed E-state index contributed by atoms with van der Waals surface area (Å²) in [4.78, 5) is 32.3. The van der Waals surface area contributed by atoms with Crippen molar-refractivity contribution in [2.75, 3.05) is 6.54 Å². The zero-order valence-electron chi connectivity index (χ0n) is 18.3. The maximum atomic E-state index is 13.7. The molecule has 3 aromatic rings. The van der Waals surface area contributed by atoms with Crippen molar-refractivity contribution in [2.45, 2.75) is 31.2 Å².